The van der Waals surface area contributed by atoms with E-state index in [1.807, 2.05) is 54.6 Å². The highest BCUT2D eigenvalue weighted by Gasteiger charge is 2.38. The van der Waals surface area contributed by atoms with E-state index in [9.17, 15) is 9.59 Å². The van der Waals surface area contributed by atoms with Gasteiger partial charge in [-0.05, 0) is 41.5 Å². The van der Waals surface area contributed by atoms with Gasteiger partial charge in [0.25, 0.3) is 11.8 Å². The molecule has 0 aliphatic carbocycles. The van der Waals surface area contributed by atoms with Crippen LogP contribution in [-0.4, -0.2) is 31.6 Å². The van der Waals surface area contributed by atoms with Crippen LogP contribution in [0.15, 0.2) is 75.0 Å². The lowest BCUT2D eigenvalue weighted by atomic mass is 10.2. The molecule has 7 nitrogen and oxygen atoms in total. The molecule has 1 saturated heterocycles. The maximum atomic E-state index is 13.1. The van der Waals surface area contributed by atoms with E-state index in [1.165, 1.54) is 34.1 Å². The molecule has 4 rings (SSSR count). The first-order valence-electron chi connectivity index (χ1n) is 8.84. The van der Waals surface area contributed by atoms with E-state index in [1.54, 1.807) is 0 Å². The van der Waals surface area contributed by atoms with E-state index in [2.05, 4.69) is 47.4 Å². The van der Waals surface area contributed by atoms with Gasteiger partial charge in [0.15, 0.2) is 0 Å². The van der Waals surface area contributed by atoms with Crippen molar-refractivity contribution in [2.75, 3.05) is 0 Å². The smallest absolute Gasteiger partial charge is 0.271 e. The van der Waals surface area contributed by atoms with Gasteiger partial charge in [-0.2, -0.15) is 5.10 Å². The molecule has 2 heterocycles. The number of aromatic nitrogens is 3. The molecule has 0 spiro atoms. The Morgan fingerprint density at radius 2 is 1.77 bits per heavy atom. The summed E-state index contributed by atoms with van der Waals surface area (Å²) in [6.07, 6.45) is 4.63. The molecular weight excluding hydrogens is 534 g/mol. The number of nitrogens with one attached hydrogen (secondary N) is 1. The largest absolute Gasteiger partial charge is 0.280 e. The molecule has 1 N–H and O–H groups in total. The molecule has 1 unspecified atom stereocenters. The zero-order valence-electron chi connectivity index (χ0n) is 15.4. The number of amides is 2. The molecule has 1 atom stereocenters. The summed E-state index contributed by atoms with van der Waals surface area (Å²) in [7, 11) is 0. The third-order valence-electron chi connectivity index (χ3n) is 4.24. The van der Waals surface area contributed by atoms with Crippen LogP contribution in [0.4, 0.5) is 0 Å². The second-order valence-corrected chi connectivity index (χ2v) is 9.34. The van der Waals surface area contributed by atoms with Gasteiger partial charge in [-0.3, -0.25) is 15.0 Å². The van der Waals surface area contributed by atoms with Gasteiger partial charge >= 0.3 is 0 Å². The van der Waals surface area contributed by atoms with Crippen LogP contribution in [0.2, 0.25) is 0 Å². The highest BCUT2D eigenvalue weighted by atomic mass is 79.9. The highest BCUT2D eigenvalue weighted by molar-refractivity contribution is 9.10. The first kappa shape index (κ1) is 20.8. The molecule has 2 aromatic carbocycles. The Morgan fingerprint density at radius 3 is 2.40 bits per heavy atom. The Bertz CT molecular complexity index is 1090. The van der Waals surface area contributed by atoms with Gasteiger partial charge in [-0.15, -0.1) is 0 Å². The first-order chi connectivity index (χ1) is 14.5. The Hall–Kier alpha value is -2.43. The van der Waals surface area contributed by atoms with Gasteiger partial charge in [0, 0.05) is 8.95 Å². The van der Waals surface area contributed by atoms with Crippen molar-refractivity contribution in [3.8, 4) is 0 Å². The van der Waals surface area contributed by atoms with Crippen molar-refractivity contribution in [2.45, 2.75) is 11.9 Å². The van der Waals surface area contributed by atoms with Gasteiger partial charge in [-0.25, -0.2) is 14.7 Å². The van der Waals surface area contributed by atoms with Gasteiger partial charge in [0.05, 0.1) is 4.91 Å². The Labute approximate surface area is 193 Å². The number of carbonyl (C=O) groups excluding carboxylic acids is 2. The molecule has 0 bridgehead atoms. The van der Waals surface area contributed by atoms with Crippen molar-refractivity contribution in [3.63, 3.8) is 0 Å². The Morgan fingerprint density at radius 1 is 1.10 bits per heavy atom. The molecule has 1 fully saturated rings. The summed E-state index contributed by atoms with van der Waals surface area (Å²) in [5.41, 5.74) is 4.53. The van der Waals surface area contributed by atoms with Crippen molar-refractivity contribution < 1.29 is 9.59 Å². The van der Waals surface area contributed by atoms with E-state index in [-0.39, 0.29) is 23.7 Å². The maximum absolute atomic E-state index is 13.1. The van der Waals surface area contributed by atoms with Crippen LogP contribution < -0.4 is 5.43 Å². The second-order valence-electron chi connectivity index (χ2n) is 6.39. The third-order valence-corrected chi connectivity index (χ3v) is 6.55. The van der Waals surface area contributed by atoms with Crippen LogP contribution in [0.3, 0.4) is 0 Å². The zero-order chi connectivity index (χ0) is 21.1. The number of carbonyl (C=O) groups is 2. The molecule has 10 heteroatoms. The molecule has 0 radical (unpaired) electrons. The van der Waals surface area contributed by atoms with Crippen LogP contribution in [0.1, 0.15) is 16.5 Å². The minimum absolute atomic E-state index is 0.0345. The third kappa shape index (κ3) is 4.82. The number of nitrogens with zero attached hydrogens (tertiary/aromatic N) is 4. The summed E-state index contributed by atoms with van der Waals surface area (Å²) in [6.45, 7) is -0.0345. The lowest BCUT2D eigenvalue weighted by Gasteiger charge is -2.24. The van der Waals surface area contributed by atoms with Crippen LogP contribution in [-0.2, 0) is 16.1 Å². The van der Waals surface area contributed by atoms with Crippen molar-refractivity contribution >= 4 is 61.5 Å². The quantitative estimate of drug-likeness (QED) is 0.484. The number of rotatable bonds is 5. The van der Waals surface area contributed by atoms with Crippen molar-refractivity contribution in [2.24, 2.45) is 0 Å². The lowest BCUT2D eigenvalue weighted by molar-refractivity contribution is -0.138. The number of hydrogen-bond acceptors (Lipinski definition) is 5. The number of hydrogen-bond donors (Lipinski definition) is 1. The lowest BCUT2D eigenvalue weighted by Crippen LogP contribution is -2.45. The van der Waals surface area contributed by atoms with Gasteiger partial charge < -0.3 is 0 Å². The SMILES string of the molecule is O=C(Cn1cncn1)NN1C(=O)/C(=C/c2ccc(Br)cc2)SC1c1ccc(Br)cc1. The Kier molecular flexibility index (Phi) is 6.35. The van der Waals surface area contributed by atoms with Crippen molar-refractivity contribution in [3.05, 3.63) is 86.2 Å². The second kappa shape index (κ2) is 9.15. The summed E-state index contributed by atoms with van der Waals surface area (Å²) < 4.78 is 3.30. The van der Waals surface area contributed by atoms with Crippen LogP contribution >= 0.6 is 43.6 Å². The fraction of sp³-hybridized carbons (Fsp3) is 0.100. The van der Waals surface area contributed by atoms with Crippen molar-refractivity contribution in [1.82, 2.24) is 25.2 Å². The van der Waals surface area contributed by atoms with Crippen LogP contribution in [0.5, 0.6) is 0 Å². The first-order valence-corrected chi connectivity index (χ1v) is 11.3. The topological polar surface area (TPSA) is 80.1 Å². The molecule has 2 amide bonds. The van der Waals surface area contributed by atoms with Crippen molar-refractivity contribution in [1.29, 1.82) is 0 Å². The molecule has 1 aromatic heterocycles. The normalized spacial score (nSPS) is 17.5. The molecule has 3 aromatic rings. The fourth-order valence-corrected chi connectivity index (χ4v) is 4.56. The van der Waals surface area contributed by atoms with E-state index in [0.29, 0.717) is 4.91 Å². The highest BCUT2D eigenvalue weighted by Crippen LogP contribution is 2.45. The predicted octanol–water partition coefficient (Wildman–Crippen LogP) is 4.15. The maximum Gasteiger partial charge on any atom is 0.280 e. The predicted molar refractivity (Wildman–Crippen MR) is 122 cm³/mol. The van der Waals surface area contributed by atoms with E-state index >= 15 is 0 Å². The summed E-state index contributed by atoms with van der Waals surface area (Å²) >= 11 is 8.24. The molecule has 1 aliphatic heterocycles. The average Bonchev–Trinajstić information content (AvgIpc) is 3.34. The van der Waals surface area contributed by atoms with Gasteiger partial charge in [0.2, 0.25) is 0 Å². The zero-order valence-corrected chi connectivity index (χ0v) is 19.4. The monoisotopic (exact) mass is 547 g/mol. The number of hydrazine groups is 1. The summed E-state index contributed by atoms with van der Waals surface area (Å²) in [5.74, 6) is -0.621. The van der Waals surface area contributed by atoms with Gasteiger partial charge in [0.1, 0.15) is 24.6 Å². The number of halogens is 2. The molecular formula is C20H15Br2N5O2S. The number of thioether (sulfide) groups is 1. The summed E-state index contributed by atoms with van der Waals surface area (Å²) in [6, 6.07) is 15.3. The Balaban J connectivity index is 1.61. The van der Waals surface area contributed by atoms with Crippen LogP contribution in [0, 0.1) is 0 Å². The molecule has 1 aliphatic rings. The fourth-order valence-electron chi connectivity index (χ4n) is 2.84. The molecule has 30 heavy (non-hydrogen) atoms. The van der Waals surface area contributed by atoms with Gasteiger partial charge in [-0.1, -0.05) is 67.9 Å². The summed E-state index contributed by atoms with van der Waals surface area (Å²) in [5, 5.41) is 4.92. The standard InChI is InChI=1S/C20H15Br2N5O2S/c21-15-5-1-13(2-6-15)9-17-19(29)27(25-18(28)10-26-12-23-11-24-26)20(30-17)14-3-7-16(22)8-4-14/h1-9,11-12,20H,10H2,(H,25,28)/b17-9-. The molecule has 0 saturated carbocycles. The van der Waals surface area contributed by atoms with E-state index < -0.39 is 0 Å². The molecule has 152 valence electrons. The van der Waals surface area contributed by atoms with E-state index in [4.69, 9.17) is 0 Å². The minimum Gasteiger partial charge on any atom is -0.271 e. The summed E-state index contributed by atoms with van der Waals surface area (Å²) in [4.78, 5) is 30.0. The minimum atomic E-state index is -0.382. The van der Waals surface area contributed by atoms with Crippen LogP contribution in [0.25, 0.3) is 6.08 Å². The van der Waals surface area contributed by atoms with E-state index in [0.717, 1.165) is 20.1 Å². The number of benzene rings is 2. The average molecular weight is 549 g/mol.